The van der Waals surface area contributed by atoms with E-state index in [-0.39, 0.29) is 0 Å². The van der Waals surface area contributed by atoms with Crippen LogP contribution in [-0.4, -0.2) is 11.6 Å². The second kappa shape index (κ2) is 7.87. The zero-order valence-electron chi connectivity index (χ0n) is 13.2. The number of anilines is 1. The molecule has 0 aliphatic heterocycles. The molecule has 1 heterocycles. The van der Waals surface area contributed by atoms with Crippen molar-refractivity contribution in [1.82, 2.24) is 4.98 Å². The van der Waals surface area contributed by atoms with Crippen LogP contribution in [0.15, 0.2) is 24.4 Å². The molecule has 0 aliphatic rings. The van der Waals surface area contributed by atoms with Gasteiger partial charge in [-0.25, -0.2) is 0 Å². The number of hydrogen-bond donors (Lipinski definition) is 1. The lowest BCUT2D eigenvalue weighted by atomic mass is 10.1. The lowest BCUT2D eigenvalue weighted by Crippen LogP contribution is -1.99. The Balaban J connectivity index is 1.93. The number of pyridine rings is 1. The summed E-state index contributed by atoms with van der Waals surface area (Å²) in [6, 6.07) is 5.91. The van der Waals surface area contributed by atoms with E-state index >= 15 is 0 Å². The Kier molecular flexibility index (Phi) is 5.85. The number of nitrogen functional groups attached to an aromatic ring is 1. The zero-order chi connectivity index (χ0) is 15.1. The minimum atomic E-state index is 0.754. The van der Waals surface area contributed by atoms with E-state index in [0.29, 0.717) is 0 Å². The third kappa shape index (κ3) is 4.35. The number of benzene rings is 1. The number of hydrogen-bond acceptors (Lipinski definition) is 3. The molecule has 0 amide bonds. The maximum Gasteiger partial charge on any atom is 0.127 e. The Morgan fingerprint density at radius 1 is 1.05 bits per heavy atom. The fourth-order valence-corrected chi connectivity index (χ4v) is 2.53. The van der Waals surface area contributed by atoms with Crippen molar-refractivity contribution < 1.29 is 4.74 Å². The fraction of sp³-hybridized carbons (Fsp3) is 0.500. The number of rotatable bonds is 8. The van der Waals surface area contributed by atoms with E-state index in [1.807, 2.05) is 31.3 Å². The molecule has 0 spiro atoms. The second-order valence-corrected chi connectivity index (χ2v) is 5.64. The number of aromatic nitrogens is 1. The van der Waals surface area contributed by atoms with Crippen LogP contribution in [0.25, 0.3) is 10.8 Å². The monoisotopic (exact) mass is 286 g/mol. The van der Waals surface area contributed by atoms with Crippen molar-refractivity contribution in [1.29, 1.82) is 0 Å². The predicted molar refractivity (Wildman–Crippen MR) is 89.8 cm³/mol. The number of nitrogens with two attached hydrogens (primary N) is 1. The fourth-order valence-electron chi connectivity index (χ4n) is 2.53. The molecule has 0 saturated heterocycles. The van der Waals surface area contributed by atoms with Crippen molar-refractivity contribution in [2.24, 2.45) is 0 Å². The van der Waals surface area contributed by atoms with Gasteiger partial charge in [-0.15, -0.1) is 0 Å². The van der Waals surface area contributed by atoms with Gasteiger partial charge in [0.1, 0.15) is 5.75 Å². The highest BCUT2D eigenvalue weighted by molar-refractivity contribution is 5.96. The summed E-state index contributed by atoms with van der Waals surface area (Å²) in [5.74, 6) is 0.915. The molecule has 2 rings (SSSR count). The summed E-state index contributed by atoms with van der Waals surface area (Å²) in [6.07, 6.45) is 9.47. The Morgan fingerprint density at radius 2 is 1.81 bits per heavy atom. The van der Waals surface area contributed by atoms with Gasteiger partial charge in [-0.3, -0.25) is 4.98 Å². The predicted octanol–water partition coefficient (Wildman–Crippen LogP) is 4.86. The first-order valence-corrected chi connectivity index (χ1v) is 8.00. The molecule has 3 nitrogen and oxygen atoms in total. The largest absolute Gasteiger partial charge is 0.493 e. The molecule has 114 valence electrons. The highest BCUT2D eigenvalue weighted by Gasteiger charge is 2.06. The van der Waals surface area contributed by atoms with Crippen LogP contribution in [0.2, 0.25) is 0 Å². The van der Waals surface area contributed by atoms with E-state index in [9.17, 15) is 0 Å². The maximum absolute atomic E-state index is 6.00. The average molecular weight is 286 g/mol. The summed E-state index contributed by atoms with van der Waals surface area (Å²) >= 11 is 0. The van der Waals surface area contributed by atoms with Gasteiger partial charge in [0.2, 0.25) is 0 Å². The molecule has 0 fully saturated rings. The Labute approximate surface area is 127 Å². The molecule has 0 bridgehead atoms. The van der Waals surface area contributed by atoms with Crippen molar-refractivity contribution in [2.75, 3.05) is 12.3 Å². The molecule has 3 heteroatoms. The Bertz CT molecular complexity index is 581. The SMILES string of the molecule is CCCCCCCCOc1ccc(N)c2cnc(C)cc12. The third-order valence-electron chi connectivity index (χ3n) is 3.79. The maximum atomic E-state index is 6.00. The first-order valence-electron chi connectivity index (χ1n) is 8.00. The van der Waals surface area contributed by atoms with Crippen molar-refractivity contribution in [3.05, 3.63) is 30.1 Å². The molecule has 0 aliphatic carbocycles. The van der Waals surface area contributed by atoms with E-state index in [0.717, 1.165) is 40.9 Å². The third-order valence-corrected chi connectivity index (χ3v) is 3.79. The molecule has 0 atom stereocenters. The van der Waals surface area contributed by atoms with Gasteiger partial charge in [0, 0.05) is 28.4 Å². The lowest BCUT2D eigenvalue weighted by Gasteiger charge is -2.11. The van der Waals surface area contributed by atoms with Crippen molar-refractivity contribution in [3.63, 3.8) is 0 Å². The van der Waals surface area contributed by atoms with Gasteiger partial charge in [-0.1, -0.05) is 39.0 Å². The van der Waals surface area contributed by atoms with Gasteiger partial charge in [-0.2, -0.15) is 0 Å². The molecule has 2 N–H and O–H groups in total. The molecule has 21 heavy (non-hydrogen) atoms. The van der Waals surface area contributed by atoms with Crippen LogP contribution in [-0.2, 0) is 0 Å². The summed E-state index contributed by atoms with van der Waals surface area (Å²) in [5.41, 5.74) is 7.74. The van der Waals surface area contributed by atoms with Crippen LogP contribution in [0.5, 0.6) is 5.75 Å². The summed E-state index contributed by atoms with van der Waals surface area (Å²) in [7, 11) is 0. The molecule has 1 aromatic heterocycles. The normalized spacial score (nSPS) is 11.0. The molecule has 0 saturated carbocycles. The second-order valence-electron chi connectivity index (χ2n) is 5.64. The molecule has 1 aromatic carbocycles. The summed E-state index contributed by atoms with van der Waals surface area (Å²) in [5, 5.41) is 2.04. The molecule has 2 aromatic rings. The van der Waals surface area contributed by atoms with Gasteiger partial charge >= 0.3 is 0 Å². The van der Waals surface area contributed by atoms with E-state index in [4.69, 9.17) is 10.5 Å². The van der Waals surface area contributed by atoms with Crippen molar-refractivity contribution >= 4 is 16.5 Å². The molecule has 0 radical (unpaired) electrons. The van der Waals surface area contributed by atoms with Crippen LogP contribution in [0.4, 0.5) is 5.69 Å². The van der Waals surface area contributed by atoms with Crippen molar-refractivity contribution in [2.45, 2.75) is 52.4 Å². The summed E-state index contributed by atoms with van der Waals surface area (Å²) < 4.78 is 5.95. The Hall–Kier alpha value is -1.77. The lowest BCUT2D eigenvalue weighted by molar-refractivity contribution is 0.308. The molecular weight excluding hydrogens is 260 g/mol. The van der Waals surface area contributed by atoms with E-state index < -0.39 is 0 Å². The number of fused-ring (bicyclic) bond motifs is 1. The van der Waals surface area contributed by atoms with Gasteiger partial charge < -0.3 is 10.5 Å². The Morgan fingerprint density at radius 3 is 2.62 bits per heavy atom. The van der Waals surface area contributed by atoms with Crippen molar-refractivity contribution in [3.8, 4) is 5.75 Å². The minimum Gasteiger partial charge on any atom is -0.493 e. The number of aryl methyl sites for hydroxylation is 1. The number of unbranched alkanes of at least 4 members (excludes halogenated alkanes) is 5. The first-order chi connectivity index (χ1) is 10.2. The number of nitrogens with zero attached hydrogens (tertiary/aromatic N) is 1. The van der Waals surface area contributed by atoms with Crippen LogP contribution in [0.1, 0.15) is 51.1 Å². The van der Waals surface area contributed by atoms with Crippen LogP contribution in [0, 0.1) is 6.92 Å². The van der Waals surface area contributed by atoms with Gasteiger partial charge in [0.05, 0.1) is 6.61 Å². The molecule has 0 unspecified atom stereocenters. The average Bonchev–Trinajstić information content (AvgIpc) is 2.48. The summed E-state index contributed by atoms with van der Waals surface area (Å²) in [4.78, 5) is 4.31. The molecular formula is C18H26N2O. The van der Waals surface area contributed by atoms with Gasteiger partial charge in [0.25, 0.3) is 0 Å². The van der Waals surface area contributed by atoms with Crippen LogP contribution < -0.4 is 10.5 Å². The smallest absolute Gasteiger partial charge is 0.127 e. The topological polar surface area (TPSA) is 48.1 Å². The van der Waals surface area contributed by atoms with Crippen LogP contribution in [0.3, 0.4) is 0 Å². The number of ether oxygens (including phenoxy) is 1. The van der Waals surface area contributed by atoms with E-state index in [2.05, 4.69) is 11.9 Å². The highest BCUT2D eigenvalue weighted by atomic mass is 16.5. The van der Waals surface area contributed by atoms with Gasteiger partial charge in [-0.05, 0) is 31.5 Å². The van der Waals surface area contributed by atoms with Crippen LogP contribution >= 0.6 is 0 Å². The van der Waals surface area contributed by atoms with Gasteiger partial charge in [0.15, 0.2) is 0 Å². The standard InChI is InChI=1S/C18H26N2O/c1-3-4-5-6-7-8-11-21-18-10-9-17(19)16-13-20-14(2)12-15(16)18/h9-10,12-13H,3-8,11,19H2,1-2H3. The first kappa shape index (κ1) is 15.6. The zero-order valence-corrected chi connectivity index (χ0v) is 13.2. The summed E-state index contributed by atoms with van der Waals surface area (Å²) in [6.45, 7) is 5.00. The quantitative estimate of drug-likeness (QED) is 0.556. The van der Waals surface area contributed by atoms with E-state index in [1.165, 1.54) is 32.1 Å². The highest BCUT2D eigenvalue weighted by Crippen LogP contribution is 2.30. The minimum absolute atomic E-state index is 0.754. The van der Waals surface area contributed by atoms with E-state index in [1.54, 1.807) is 0 Å².